The van der Waals surface area contributed by atoms with Crippen LogP contribution in [0.5, 0.6) is 0 Å². The van der Waals surface area contributed by atoms with E-state index in [0.29, 0.717) is 0 Å². The Hall–Kier alpha value is -7.40. The predicted octanol–water partition coefficient (Wildman–Crippen LogP) is 16.2. The summed E-state index contributed by atoms with van der Waals surface area (Å²) in [6.07, 6.45) is 0. The van der Waals surface area contributed by atoms with Gasteiger partial charge in [0.05, 0.1) is 0 Å². The third-order valence-electron chi connectivity index (χ3n) is 11.1. The largest absolute Gasteiger partial charge is 0.456 e. The SMILES string of the molecule is c1ccc(-c2ccc(N(c3ccc(-c4ccc5oc6ccccc6c5c4)cc3)c3ccc4c(c3)sc3ccc(N(c5ccccc5)c5ccccc5)cc34)cc2)cc1. The standard InChI is InChI=1S/C54H36N2OS/c1-4-12-37(13-5-1)38-20-25-43(26-21-38)56(44-27-22-39(23-28-44)40-24-32-52-49(34-40)47-18-10-11-19-51(47)57-52)46-29-31-48-50-35-45(30-33-53(50)58-54(48)36-46)55(41-14-6-2-7-15-41)42-16-8-3-9-17-42/h1-36H. The molecule has 0 amide bonds. The third kappa shape index (κ3) is 6.08. The molecule has 0 N–H and O–H groups in total. The van der Waals surface area contributed by atoms with Gasteiger partial charge in [0.25, 0.3) is 0 Å². The van der Waals surface area contributed by atoms with E-state index >= 15 is 0 Å². The quantitative estimate of drug-likeness (QED) is 0.154. The van der Waals surface area contributed by atoms with Gasteiger partial charge in [0.2, 0.25) is 0 Å². The van der Waals surface area contributed by atoms with Crippen LogP contribution in [-0.2, 0) is 0 Å². The second kappa shape index (κ2) is 14.3. The lowest BCUT2D eigenvalue weighted by Gasteiger charge is -2.26. The molecule has 4 heteroatoms. The maximum Gasteiger partial charge on any atom is 0.135 e. The number of nitrogens with zero attached hydrogens (tertiary/aromatic N) is 2. The van der Waals surface area contributed by atoms with Crippen molar-refractivity contribution in [3.05, 3.63) is 218 Å². The number of thiophene rings is 1. The minimum absolute atomic E-state index is 0.907. The average Bonchev–Trinajstić information content (AvgIpc) is 3.85. The molecule has 0 fully saturated rings. The van der Waals surface area contributed by atoms with E-state index in [0.717, 1.165) is 67.2 Å². The zero-order valence-corrected chi connectivity index (χ0v) is 32.3. The molecule has 0 bridgehead atoms. The summed E-state index contributed by atoms with van der Waals surface area (Å²) in [4.78, 5) is 4.70. The van der Waals surface area contributed by atoms with Crippen LogP contribution in [0.4, 0.5) is 34.1 Å². The summed E-state index contributed by atoms with van der Waals surface area (Å²) >= 11 is 1.84. The van der Waals surface area contributed by atoms with Gasteiger partial charge < -0.3 is 14.2 Å². The van der Waals surface area contributed by atoms with Crippen molar-refractivity contribution in [3.8, 4) is 22.3 Å². The fourth-order valence-electron chi connectivity index (χ4n) is 8.22. The van der Waals surface area contributed by atoms with Gasteiger partial charge in [-0.1, -0.05) is 121 Å². The first-order chi connectivity index (χ1) is 28.7. The number of hydrogen-bond acceptors (Lipinski definition) is 4. The van der Waals surface area contributed by atoms with Gasteiger partial charge in [-0.2, -0.15) is 0 Å². The Morgan fingerprint density at radius 1 is 0.276 bits per heavy atom. The maximum absolute atomic E-state index is 6.12. The van der Waals surface area contributed by atoms with Crippen molar-refractivity contribution in [3.63, 3.8) is 0 Å². The molecule has 58 heavy (non-hydrogen) atoms. The molecule has 0 spiro atoms. The minimum atomic E-state index is 0.907. The van der Waals surface area contributed by atoms with Crippen LogP contribution in [0, 0.1) is 0 Å². The van der Waals surface area contributed by atoms with Crippen LogP contribution in [0.1, 0.15) is 0 Å². The van der Waals surface area contributed by atoms with Crippen molar-refractivity contribution in [2.75, 3.05) is 9.80 Å². The summed E-state index contributed by atoms with van der Waals surface area (Å²) in [5.41, 5.74) is 13.2. The van der Waals surface area contributed by atoms with Crippen LogP contribution in [0.3, 0.4) is 0 Å². The van der Waals surface area contributed by atoms with E-state index in [-0.39, 0.29) is 0 Å². The summed E-state index contributed by atoms with van der Waals surface area (Å²) in [5, 5.41) is 4.78. The van der Waals surface area contributed by atoms with Gasteiger partial charge in [0, 0.05) is 65.1 Å². The van der Waals surface area contributed by atoms with E-state index in [1.807, 2.05) is 23.5 Å². The Bertz CT molecular complexity index is 3170. The highest BCUT2D eigenvalue weighted by molar-refractivity contribution is 7.25. The monoisotopic (exact) mass is 760 g/mol. The lowest BCUT2D eigenvalue weighted by molar-refractivity contribution is 0.669. The van der Waals surface area contributed by atoms with Crippen LogP contribution in [-0.4, -0.2) is 0 Å². The molecule has 0 atom stereocenters. The Morgan fingerprint density at radius 3 is 1.43 bits per heavy atom. The number of hydrogen-bond donors (Lipinski definition) is 0. The van der Waals surface area contributed by atoms with Gasteiger partial charge >= 0.3 is 0 Å². The molecule has 11 aromatic rings. The highest BCUT2D eigenvalue weighted by Gasteiger charge is 2.18. The predicted molar refractivity (Wildman–Crippen MR) is 247 cm³/mol. The molecule has 2 aromatic heterocycles. The molecular formula is C54H36N2OS. The lowest BCUT2D eigenvalue weighted by Crippen LogP contribution is -2.09. The molecule has 2 heterocycles. The fraction of sp³-hybridized carbons (Fsp3) is 0. The van der Waals surface area contributed by atoms with Crippen molar-refractivity contribution in [1.29, 1.82) is 0 Å². The lowest BCUT2D eigenvalue weighted by atomic mass is 10.0. The average molecular weight is 761 g/mol. The van der Waals surface area contributed by atoms with E-state index in [9.17, 15) is 0 Å². The molecule has 0 aliphatic carbocycles. The Kier molecular flexibility index (Phi) is 8.34. The highest BCUT2D eigenvalue weighted by atomic mass is 32.1. The van der Waals surface area contributed by atoms with Crippen molar-refractivity contribution in [2.45, 2.75) is 0 Å². The van der Waals surface area contributed by atoms with Crippen molar-refractivity contribution in [1.82, 2.24) is 0 Å². The van der Waals surface area contributed by atoms with Gasteiger partial charge in [-0.3, -0.25) is 0 Å². The molecule has 3 nitrogen and oxygen atoms in total. The first-order valence-corrected chi connectivity index (χ1v) is 20.4. The van der Waals surface area contributed by atoms with Crippen LogP contribution >= 0.6 is 11.3 Å². The molecule has 0 unspecified atom stereocenters. The van der Waals surface area contributed by atoms with E-state index in [4.69, 9.17) is 4.42 Å². The second-order valence-corrected chi connectivity index (χ2v) is 15.7. The first kappa shape index (κ1) is 33.9. The van der Waals surface area contributed by atoms with Crippen LogP contribution in [0.15, 0.2) is 223 Å². The van der Waals surface area contributed by atoms with Gasteiger partial charge in [-0.25, -0.2) is 0 Å². The highest BCUT2D eigenvalue weighted by Crippen LogP contribution is 2.44. The molecule has 0 saturated carbocycles. The van der Waals surface area contributed by atoms with E-state index in [2.05, 4.69) is 216 Å². The van der Waals surface area contributed by atoms with E-state index in [1.165, 1.54) is 31.3 Å². The van der Waals surface area contributed by atoms with Crippen molar-refractivity contribution in [2.24, 2.45) is 0 Å². The summed E-state index contributed by atoms with van der Waals surface area (Å²) in [6.45, 7) is 0. The Morgan fingerprint density at radius 2 is 0.759 bits per heavy atom. The van der Waals surface area contributed by atoms with Gasteiger partial charge in [-0.15, -0.1) is 11.3 Å². The number of fused-ring (bicyclic) bond motifs is 6. The van der Waals surface area contributed by atoms with Crippen LogP contribution in [0.2, 0.25) is 0 Å². The normalized spacial score (nSPS) is 11.4. The number of para-hydroxylation sites is 3. The number of anilines is 6. The molecule has 274 valence electrons. The molecule has 0 saturated heterocycles. The summed E-state index contributed by atoms with van der Waals surface area (Å²) < 4.78 is 8.64. The summed E-state index contributed by atoms with van der Waals surface area (Å²) in [5.74, 6) is 0. The van der Waals surface area contributed by atoms with Gasteiger partial charge in [0.15, 0.2) is 0 Å². The smallest absolute Gasteiger partial charge is 0.135 e. The second-order valence-electron chi connectivity index (χ2n) is 14.6. The number of furan rings is 1. The molecule has 0 radical (unpaired) electrons. The molecule has 0 aliphatic rings. The van der Waals surface area contributed by atoms with Crippen LogP contribution < -0.4 is 9.80 Å². The molecular weight excluding hydrogens is 725 g/mol. The molecule has 11 rings (SSSR count). The zero-order valence-electron chi connectivity index (χ0n) is 31.5. The minimum Gasteiger partial charge on any atom is -0.456 e. The third-order valence-corrected chi connectivity index (χ3v) is 12.2. The maximum atomic E-state index is 6.12. The summed E-state index contributed by atoms with van der Waals surface area (Å²) in [6, 6.07) is 78.1. The van der Waals surface area contributed by atoms with Gasteiger partial charge in [-0.05, 0) is 119 Å². The van der Waals surface area contributed by atoms with Crippen LogP contribution in [0.25, 0.3) is 64.4 Å². The fourth-order valence-corrected chi connectivity index (χ4v) is 9.34. The topological polar surface area (TPSA) is 19.6 Å². The Labute approximate surface area is 340 Å². The molecule has 0 aliphatic heterocycles. The number of rotatable bonds is 8. The van der Waals surface area contributed by atoms with Gasteiger partial charge in [0.1, 0.15) is 11.2 Å². The number of benzene rings is 9. The molecule has 9 aromatic carbocycles. The summed E-state index contributed by atoms with van der Waals surface area (Å²) in [7, 11) is 0. The van der Waals surface area contributed by atoms with E-state index in [1.54, 1.807) is 0 Å². The van der Waals surface area contributed by atoms with Crippen molar-refractivity contribution < 1.29 is 4.42 Å². The zero-order chi connectivity index (χ0) is 38.4. The van der Waals surface area contributed by atoms with Crippen molar-refractivity contribution >= 4 is 87.6 Å². The van der Waals surface area contributed by atoms with E-state index < -0.39 is 0 Å². The Balaban J connectivity index is 0.998. The first-order valence-electron chi connectivity index (χ1n) is 19.6.